The second-order valence-corrected chi connectivity index (χ2v) is 6.28. The van der Waals surface area contributed by atoms with E-state index in [0.29, 0.717) is 12.8 Å². The van der Waals surface area contributed by atoms with Gasteiger partial charge in [-0.1, -0.05) is 0 Å². The van der Waals surface area contributed by atoms with Gasteiger partial charge in [0, 0.05) is 42.4 Å². The second-order valence-electron chi connectivity index (χ2n) is 6.28. The number of hydrogen-bond donors (Lipinski definition) is 0. The molecule has 0 radical (unpaired) electrons. The average molecular weight is 297 g/mol. The predicted molar refractivity (Wildman–Crippen MR) is 81.0 cm³/mol. The molecule has 4 rings (SSSR count). The highest BCUT2D eigenvalue weighted by Crippen LogP contribution is 2.48. The van der Waals surface area contributed by atoms with Crippen molar-refractivity contribution in [3.63, 3.8) is 0 Å². The summed E-state index contributed by atoms with van der Waals surface area (Å²) < 4.78 is 5.61. The number of carbonyl (C=O) groups excluding carboxylic acids is 2. The summed E-state index contributed by atoms with van der Waals surface area (Å²) in [6.45, 7) is 0. The van der Waals surface area contributed by atoms with Crippen LogP contribution in [0, 0.1) is 0 Å². The van der Waals surface area contributed by atoms with E-state index >= 15 is 0 Å². The van der Waals surface area contributed by atoms with Crippen molar-refractivity contribution in [3.05, 3.63) is 46.7 Å². The molecular formula is C18H19NO3. The van der Waals surface area contributed by atoms with Crippen LogP contribution in [0.4, 0.5) is 0 Å². The molecule has 0 unspecified atom stereocenters. The van der Waals surface area contributed by atoms with Crippen LogP contribution >= 0.6 is 0 Å². The SMILES string of the molecule is CN1C2=C(C(=O)CCC2)C(c2ccco2)C2=C1CCCC2=O. The molecule has 22 heavy (non-hydrogen) atoms. The van der Waals surface area contributed by atoms with Crippen LogP contribution in [0.15, 0.2) is 45.4 Å². The van der Waals surface area contributed by atoms with Crippen LogP contribution in [0.25, 0.3) is 0 Å². The first kappa shape index (κ1) is 13.6. The van der Waals surface area contributed by atoms with Gasteiger partial charge in [0.25, 0.3) is 0 Å². The van der Waals surface area contributed by atoms with Gasteiger partial charge in [-0.15, -0.1) is 0 Å². The monoisotopic (exact) mass is 297 g/mol. The van der Waals surface area contributed by atoms with Crippen LogP contribution in [-0.2, 0) is 9.59 Å². The van der Waals surface area contributed by atoms with Crippen LogP contribution in [0.1, 0.15) is 50.2 Å². The topological polar surface area (TPSA) is 50.5 Å². The number of Topliss-reactive ketones (excluding diaryl/α,β-unsaturated/α-hetero) is 2. The Labute approximate surface area is 129 Å². The summed E-state index contributed by atoms with van der Waals surface area (Å²) in [4.78, 5) is 27.3. The van der Waals surface area contributed by atoms with Crippen molar-refractivity contribution in [3.8, 4) is 0 Å². The Morgan fingerprint density at radius 1 is 1.00 bits per heavy atom. The lowest BCUT2D eigenvalue weighted by Gasteiger charge is -2.41. The molecule has 4 heteroatoms. The van der Waals surface area contributed by atoms with Crippen molar-refractivity contribution in [1.82, 2.24) is 4.90 Å². The minimum atomic E-state index is -0.295. The van der Waals surface area contributed by atoms with E-state index in [1.807, 2.05) is 19.2 Å². The Hall–Kier alpha value is -2.10. The van der Waals surface area contributed by atoms with E-state index in [2.05, 4.69) is 4.90 Å². The maximum absolute atomic E-state index is 12.6. The van der Waals surface area contributed by atoms with Gasteiger partial charge in [0.1, 0.15) is 5.76 Å². The fourth-order valence-corrected chi connectivity index (χ4v) is 4.09. The highest BCUT2D eigenvalue weighted by atomic mass is 16.3. The first-order chi connectivity index (χ1) is 10.7. The summed E-state index contributed by atoms with van der Waals surface area (Å²) in [7, 11) is 2.00. The molecule has 3 aliphatic rings. The Morgan fingerprint density at radius 2 is 1.59 bits per heavy atom. The molecule has 0 fully saturated rings. The van der Waals surface area contributed by atoms with E-state index in [4.69, 9.17) is 4.42 Å². The molecule has 1 aliphatic heterocycles. The maximum atomic E-state index is 12.6. The minimum absolute atomic E-state index is 0.166. The summed E-state index contributed by atoms with van der Waals surface area (Å²) in [5.41, 5.74) is 3.76. The molecule has 2 heterocycles. The highest BCUT2D eigenvalue weighted by molar-refractivity contribution is 6.06. The van der Waals surface area contributed by atoms with E-state index < -0.39 is 0 Å². The minimum Gasteiger partial charge on any atom is -0.468 e. The van der Waals surface area contributed by atoms with Crippen molar-refractivity contribution < 1.29 is 14.0 Å². The first-order valence-corrected chi connectivity index (χ1v) is 7.98. The van der Waals surface area contributed by atoms with Crippen LogP contribution in [0.3, 0.4) is 0 Å². The molecule has 1 aromatic rings. The largest absolute Gasteiger partial charge is 0.468 e. The van der Waals surface area contributed by atoms with Gasteiger partial charge in [-0.3, -0.25) is 9.59 Å². The van der Waals surface area contributed by atoms with E-state index in [1.54, 1.807) is 6.26 Å². The van der Waals surface area contributed by atoms with Gasteiger partial charge in [-0.05, 0) is 37.8 Å². The number of allylic oxidation sites excluding steroid dienone is 4. The molecule has 0 amide bonds. The lowest BCUT2D eigenvalue weighted by Crippen LogP contribution is -2.37. The number of ketones is 2. The normalized spacial score (nSPS) is 23.0. The van der Waals surface area contributed by atoms with Crippen LogP contribution in [0.5, 0.6) is 0 Å². The molecule has 0 N–H and O–H groups in total. The Balaban J connectivity index is 1.95. The third kappa shape index (κ3) is 1.83. The van der Waals surface area contributed by atoms with E-state index in [9.17, 15) is 9.59 Å². The van der Waals surface area contributed by atoms with Gasteiger partial charge >= 0.3 is 0 Å². The fraction of sp³-hybridized carbons (Fsp3) is 0.444. The fourth-order valence-electron chi connectivity index (χ4n) is 4.09. The number of rotatable bonds is 1. The molecule has 0 saturated heterocycles. The van der Waals surface area contributed by atoms with E-state index in [1.165, 1.54) is 0 Å². The van der Waals surface area contributed by atoms with Crippen LogP contribution < -0.4 is 0 Å². The van der Waals surface area contributed by atoms with Gasteiger partial charge in [0.05, 0.1) is 12.2 Å². The Morgan fingerprint density at radius 3 is 2.09 bits per heavy atom. The van der Waals surface area contributed by atoms with Crippen LogP contribution in [0.2, 0.25) is 0 Å². The molecule has 1 aromatic heterocycles. The molecule has 0 saturated carbocycles. The van der Waals surface area contributed by atoms with E-state index in [0.717, 1.165) is 54.0 Å². The molecule has 114 valence electrons. The summed E-state index contributed by atoms with van der Waals surface area (Å²) in [6.07, 6.45) is 6.35. The van der Waals surface area contributed by atoms with Crippen molar-refractivity contribution in [2.24, 2.45) is 0 Å². The van der Waals surface area contributed by atoms with Crippen LogP contribution in [-0.4, -0.2) is 23.5 Å². The number of carbonyl (C=O) groups is 2. The third-order valence-corrected chi connectivity index (χ3v) is 5.07. The number of furan rings is 1. The number of hydrogen-bond acceptors (Lipinski definition) is 4. The molecular weight excluding hydrogens is 278 g/mol. The molecule has 4 nitrogen and oxygen atoms in total. The van der Waals surface area contributed by atoms with Crippen molar-refractivity contribution in [1.29, 1.82) is 0 Å². The molecule has 2 aliphatic carbocycles. The third-order valence-electron chi connectivity index (χ3n) is 5.07. The molecule has 0 atom stereocenters. The lowest BCUT2D eigenvalue weighted by atomic mass is 9.73. The zero-order valence-electron chi connectivity index (χ0n) is 12.7. The summed E-state index contributed by atoms with van der Waals surface area (Å²) in [5.74, 6) is 0.759. The molecule has 0 spiro atoms. The molecule has 0 bridgehead atoms. The van der Waals surface area contributed by atoms with E-state index in [-0.39, 0.29) is 17.5 Å². The van der Waals surface area contributed by atoms with Crippen molar-refractivity contribution in [2.75, 3.05) is 7.05 Å². The van der Waals surface area contributed by atoms with Gasteiger partial charge < -0.3 is 9.32 Å². The van der Waals surface area contributed by atoms with Gasteiger partial charge in [0.15, 0.2) is 11.6 Å². The van der Waals surface area contributed by atoms with Gasteiger partial charge in [-0.25, -0.2) is 0 Å². The second kappa shape index (κ2) is 4.97. The first-order valence-electron chi connectivity index (χ1n) is 7.98. The molecule has 0 aromatic carbocycles. The zero-order valence-corrected chi connectivity index (χ0v) is 12.7. The standard InChI is InChI=1S/C18H19NO3/c1-19-11-5-2-7-13(20)16(11)18(15-9-4-10-22-15)17-12(19)6-3-8-14(17)21/h4,9-10,18H,2-3,5-8H2,1H3. The Kier molecular flexibility index (Phi) is 3.06. The summed E-state index contributed by atoms with van der Waals surface area (Å²) >= 11 is 0. The van der Waals surface area contributed by atoms with Crippen molar-refractivity contribution >= 4 is 11.6 Å². The maximum Gasteiger partial charge on any atom is 0.161 e. The number of nitrogens with zero attached hydrogens (tertiary/aromatic N) is 1. The summed E-state index contributed by atoms with van der Waals surface area (Å²) in [6, 6.07) is 3.71. The quantitative estimate of drug-likeness (QED) is 0.798. The average Bonchev–Trinajstić information content (AvgIpc) is 3.03. The smallest absolute Gasteiger partial charge is 0.161 e. The lowest BCUT2D eigenvalue weighted by molar-refractivity contribution is -0.117. The Bertz CT molecular complexity index is 665. The highest BCUT2D eigenvalue weighted by Gasteiger charge is 2.43. The van der Waals surface area contributed by atoms with Gasteiger partial charge in [-0.2, -0.15) is 0 Å². The summed E-state index contributed by atoms with van der Waals surface area (Å²) in [5, 5.41) is 0. The van der Waals surface area contributed by atoms with Gasteiger partial charge in [0.2, 0.25) is 0 Å². The van der Waals surface area contributed by atoms with Crippen molar-refractivity contribution in [2.45, 2.75) is 44.4 Å². The predicted octanol–water partition coefficient (Wildman–Crippen LogP) is 3.32. The zero-order chi connectivity index (χ0) is 15.3.